The van der Waals surface area contributed by atoms with E-state index in [9.17, 15) is 8.42 Å². The molecule has 2 heterocycles. The highest BCUT2D eigenvalue weighted by Crippen LogP contribution is 2.35. The molecule has 26 heavy (non-hydrogen) atoms. The zero-order chi connectivity index (χ0) is 18.3. The van der Waals surface area contributed by atoms with Crippen molar-refractivity contribution in [2.75, 3.05) is 0 Å². The molecule has 0 fully saturated rings. The van der Waals surface area contributed by atoms with Gasteiger partial charge in [-0.1, -0.05) is 54.1 Å². The molecule has 5 nitrogen and oxygen atoms in total. The molecular formula is C19H14ClN3O2S. The maximum absolute atomic E-state index is 11.5. The first-order valence-electron chi connectivity index (χ1n) is 7.80. The Balaban J connectivity index is 1.98. The number of benzene rings is 2. The van der Waals surface area contributed by atoms with Crippen LogP contribution in [0.3, 0.4) is 0 Å². The van der Waals surface area contributed by atoms with Crippen LogP contribution in [-0.2, 0) is 10.0 Å². The molecule has 0 spiro atoms. The topological polar surface area (TPSA) is 77.5 Å². The second kappa shape index (κ2) is 6.25. The van der Waals surface area contributed by atoms with E-state index in [-0.39, 0.29) is 4.90 Å². The average molecular weight is 384 g/mol. The first-order valence-corrected chi connectivity index (χ1v) is 9.72. The number of pyridine rings is 1. The predicted octanol–water partition coefficient (Wildman–Crippen LogP) is 3.97. The van der Waals surface area contributed by atoms with Gasteiger partial charge in [0, 0.05) is 17.3 Å². The molecule has 7 heteroatoms. The standard InChI is InChI=1S/C19H14ClN3O2S/c20-15-8-11-17-18(13-6-9-16(10-7-13)26(21,24)25)19(22-23(17)12-15)14-4-2-1-3-5-14/h1-12H,(H2,21,24,25). The van der Waals surface area contributed by atoms with Crippen molar-refractivity contribution in [3.8, 4) is 22.4 Å². The summed E-state index contributed by atoms with van der Waals surface area (Å²) in [4.78, 5) is 0.0713. The van der Waals surface area contributed by atoms with Gasteiger partial charge in [0.25, 0.3) is 0 Å². The molecule has 0 saturated heterocycles. The van der Waals surface area contributed by atoms with Gasteiger partial charge < -0.3 is 0 Å². The SMILES string of the molecule is NS(=O)(=O)c1ccc(-c2c(-c3ccccc3)nn3cc(Cl)ccc23)cc1. The zero-order valence-corrected chi connectivity index (χ0v) is 15.1. The van der Waals surface area contributed by atoms with E-state index in [0.29, 0.717) is 5.02 Å². The summed E-state index contributed by atoms with van der Waals surface area (Å²) in [6.45, 7) is 0. The summed E-state index contributed by atoms with van der Waals surface area (Å²) in [6.07, 6.45) is 1.74. The Kier molecular flexibility index (Phi) is 4.03. The Hall–Kier alpha value is -2.67. The van der Waals surface area contributed by atoms with Crippen LogP contribution in [0.4, 0.5) is 0 Å². The van der Waals surface area contributed by atoms with Crippen molar-refractivity contribution >= 4 is 27.1 Å². The Morgan fingerprint density at radius 2 is 1.58 bits per heavy atom. The third-order valence-electron chi connectivity index (χ3n) is 4.11. The molecule has 2 aromatic carbocycles. The maximum Gasteiger partial charge on any atom is 0.238 e. The second-order valence-corrected chi connectivity index (χ2v) is 7.83. The van der Waals surface area contributed by atoms with Crippen molar-refractivity contribution in [2.24, 2.45) is 5.14 Å². The lowest BCUT2D eigenvalue weighted by atomic mass is 10.00. The van der Waals surface area contributed by atoms with Crippen LogP contribution in [0.25, 0.3) is 27.9 Å². The van der Waals surface area contributed by atoms with Crippen LogP contribution in [0.5, 0.6) is 0 Å². The third kappa shape index (κ3) is 2.99. The molecule has 0 amide bonds. The van der Waals surface area contributed by atoms with Crippen LogP contribution < -0.4 is 5.14 Å². The molecule has 2 N–H and O–H groups in total. The van der Waals surface area contributed by atoms with Crippen molar-refractivity contribution in [2.45, 2.75) is 4.90 Å². The van der Waals surface area contributed by atoms with Crippen molar-refractivity contribution in [1.82, 2.24) is 9.61 Å². The Labute approximate surface area is 155 Å². The normalized spacial score (nSPS) is 11.8. The first kappa shape index (κ1) is 16.8. The number of fused-ring (bicyclic) bond motifs is 1. The van der Waals surface area contributed by atoms with Crippen LogP contribution in [0.2, 0.25) is 5.02 Å². The van der Waals surface area contributed by atoms with E-state index in [0.717, 1.165) is 27.9 Å². The van der Waals surface area contributed by atoms with Gasteiger partial charge in [0.15, 0.2) is 0 Å². The number of aromatic nitrogens is 2. The van der Waals surface area contributed by atoms with Crippen LogP contribution in [0, 0.1) is 0 Å². The quantitative estimate of drug-likeness (QED) is 0.581. The molecule has 4 rings (SSSR count). The number of rotatable bonds is 3. The van der Waals surface area contributed by atoms with E-state index in [4.69, 9.17) is 16.7 Å². The fraction of sp³-hybridized carbons (Fsp3) is 0. The highest BCUT2D eigenvalue weighted by molar-refractivity contribution is 7.89. The molecule has 0 radical (unpaired) electrons. The monoisotopic (exact) mass is 383 g/mol. The highest BCUT2D eigenvalue weighted by Gasteiger charge is 2.17. The summed E-state index contributed by atoms with van der Waals surface area (Å²) in [5.41, 5.74) is 4.35. The van der Waals surface area contributed by atoms with Crippen molar-refractivity contribution in [3.05, 3.63) is 77.9 Å². The molecule has 0 saturated carbocycles. The van der Waals surface area contributed by atoms with E-state index >= 15 is 0 Å². The molecule has 4 aromatic rings. The van der Waals surface area contributed by atoms with Gasteiger partial charge >= 0.3 is 0 Å². The molecule has 0 aliphatic carbocycles. The minimum atomic E-state index is -3.74. The van der Waals surface area contributed by atoms with Gasteiger partial charge in [-0.2, -0.15) is 5.10 Å². The lowest BCUT2D eigenvalue weighted by Gasteiger charge is -2.05. The number of hydrogen-bond acceptors (Lipinski definition) is 3. The van der Waals surface area contributed by atoms with E-state index in [2.05, 4.69) is 5.10 Å². The number of nitrogens with two attached hydrogens (primary N) is 1. The lowest BCUT2D eigenvalue weighted by molar-refractivity contribution is 0.598. The minimum Gasteiger partial charge on any atom is -0.238 e. The summed E-state index contributed by atoms with van der Waals surface area (Å²) < 4.78 is 24.8. The van der Waals surface area contributed by atoms with Gasteiger partial charge in [0.2, 0.25) is 10.0 Å². The van der Waals surface area contributed by atoms with E-state index < -0.39 is 10.0 Å². The number of nitrogens with zero attached hydrogens (tertiary/aromatic N) is 2. The summed E-state index contributed by atoms with van der Waals surface area (Å²) in [5, 5.41) is 10.5. The van der Waals surface area contributed by atoms with Gasteiger partial charge in [-0.05, 0) is 29.8 Å². The zero-order valence-electron chi connectivity index (χ0n) is 13.5. The van der Waals surface area contributed by atoms with Gasteiger partial charge in [-0.15, -0.1) is 0 Å². The Bertz CT molecular complexity index is 1200. The number of sulfonamides is 1. The molecule has 0 atom stereocenters. The second-order valence-electron chi connectivity index (χ2n) is 5.84. The van der Waals surface area contributed by atoms with Crippen LogP contribution in [-0.4, -0.2) is 18.0 Å². The lowest BCUT2D eigenvalue weighted by Crippen LogP contribution is -2.11. The highest BCUT2D eigenvalue weighted by atomic mass is 35.5. The van der Waals surface area contributed by atoms with Crippen LogP contribution in [0.1, 0.15) is 0 Å². The van der Waals surface area contributed by atoms with E-state index in [1.165, 1.54) is 12.1 Å². The van der Waals surface area contributed by atoms with Gasteiger partial charge in [-0.25, -0.2) is 18.1 Å². The fourth-order valence-electron chi connectivity index (χ4n) is 2.92. The fourth-order valence-corrected chi connectivity index (χ4v) is 3.59. The van der Waals surface area contributed by atoms with Crippen molar-refractivity contribution in [1.29, 1.82) is 0 Å². The molecule has 0 aliphatic rings. The van der Waals surface area contributed by atoms with Crippen LogP contribution >= 0.6 is 11.6 Å². The van der Waals surface area contributed by atoms with Crippen molar-refractivity contribution in [3.63, 3.8) is 0 Å². The van der Waals surface area contributed by atoms with Gasteiger partial charge in [0.1, 0.15) is 5.69 Å². The number of halogens is 1. The molecule has 130 valence electrons. The predicted molar refractivity (Wildman–Crippen MR) is 102 cm³/mol. The smallest absolute Gasteiger partial charge is 0.238 e. The van der Waals surface area contributed by atoms with E-state index in [1.807, 2.05) is 36.4 Å². The molecule has 0 unspecified atom stereocenters. The molecule has 0 bridgehead atoms. The number of primary sulfonamides is 1. The molecule has 0 aliphatic heterocycles. The minimum absolute atomic E-state index is 0.0713. The average Bonchev–Trinajstić information content (AvgIpc) is 3.00. The van der Waals surface area contributed by atoms with Gasteiger partial charge in [0.05, 0.1) is 15.4 Å². The summed E-state index contributed by atoms with van der Waals surface area (Å²) >= 11 is 6.10. The Morgan fingerprint density at radius 3 is 2.23 bits per heavy atom. The van der Waals surface area contributed by atoms with Gasteiger partial charge in [-0.3, -0.25) is 0 Å². The van der Waals surface area contributed by atoms with E-state index in [1.54, 1.807) is 28.9 Å². The third-order valence-corrected chi connectivity index (χ3v) is 5.27. The summed E-state index contributed by atoms with van der Waals surface area (Å²) in [6, 6.07) is 19.9. The largest absolute Gasteiger partial charge is 0.238 e. The first-order chi connectivity index (χ1) is 12.4. The Morgan fingerprint density at radius 1 is 0.885 bits per heavy atom. The molecule has 2 aromatic heterocycles. The van der Waals surface area contributed by atoms with Crippen LogP contribution in [0.15, 0.2) is 77.8 Å². The molecular weight excluding hydrogens is 370 g/mol. The van der Waals surface area contributed by atoms with Crippen molar-refractivity contribution < 1.29 is 8.42 Å². The maximum atomic E-state index is 11.5. The summed E-state index contributed by atoms with van der Waals surface area (Å²) in [7, 11) is -3.74. The number of hydrogen-bond donors (Lipinski definition) is 1. The summed E-state index contributed by atoms with van der Waals surface area (Å²) in [5.74, 6) is 0.